The van der Waals surface area contributed by atoms with Crippen LogP contribution in [0, 0.1) is 0 Å². The molecule has 1 fully saturated rings. The third-order valence-electron chi connectivity index (χ3n) is 3.94. The summed E-state index contributed by atoms with van der Waals surface area (Å²) < 4.78 is 0. The molecule has 1 N–H and O–H groups in total. The minimum Gasteiger partial charge on any atom is -0.370 e. The molecule has 0 unspecified atom stereocenters. The first-order chi connectivity index (χ1) is 9.31. The number of anilines is 2. The molecule has 2 rings (SSSR count). The van der Waals surface area contributed by atoms with E-state index in [1.165, 1.54) is 38.5 Å². The van der Waals surface area contributed by atoms with Gasteiger partial charge in [0.15, 0.2) is 0 Å². The molecule has 1 aromatic rings. The molecular weight excluding hydrogens is 236 g/mol. The van der Waals surface area contributed by atoms with Crippen LogP contribution in [0.5, 0.6) is 0 Å². The third kappa shape index (κ3) is 4.08. The molecule has 1 aromatic heterocycles. The van der Waals surface area contributed by atoms with Gasteiger partial charge in [-0.15, -0.1) is 0 Å². The van der Waals surface area contributed by atoms with E-state index in [9.17, 15) is 0 Å². The maximum Gasteiger partial charge on any atom is 0.134 e. The largest absolute Gasteiger partial charge is 0.370 e. The number of aromatic nitrogens is 2. The molecular formula is C15H26N4. The molecule has 106 valence electrons. The first-order valence-electron chi connectivity index (χ1n) is 7.60. The molecule has 19 heavy (non-hydrogen) atoms. The highest BCUT2D eigenvalue weighted by atomic mass is 15.2. The third-order valence-corrected chi connectivity index (χ3v) is 3.94. The number of hydrogen-bond acceptors (Lipinski definition) is 4. The number of nitrogens with zero attached hydrogens (tertiary/aromatic N) is 3. The van der Waals surface area contributed by atoms with Crippen molar-refractivity contribution < 1.29 is 0 Å². The van der Waals surface area contributed by atoms with E-state index in [0.29, 0.717) is 6.04 Å². The Hall–Kier alpha value is -1.32. The zero-order valence-corrected chi connectivity index (χ0v) is 12.2. The van der Waals surface area contributed by atoms with Crippen molar-refractivity contribution in [2.45, 2.75) is 57.9 Å². The lowest BCUT2D eigenvalue weighted by atomic mass is 10.1. The summed E-state index contributed by atoms with van der Waals surface area (Å²) in [5.74, 6) is 1.98. The van der Waals surface area contributed by atoms with Gasteiger partial charge in [-0.05, 0) is 19.3 Å². The molecule has 0 aliphatic heterocycles. The van der Waals surface area contributed by atoms with Gasteiger partial charge in [-0.25, -0.2) is 9.97 Å². The number of hydrogen-bond donors (Lipinski definition) is 1. The van der Waals surface area contributed by atoms with Crippen LogP contribution >= 0.6 is 0 Å². The second-order valence-electron chi connectivity index (χ2n) is 5.44. The Morgan fingerprint density at radius 3 is 2.63 bits per heavy atom. The molecule has 1 saturated carbocycles. The van der Waals surface area contributed by atoms with Crippen LogP contribution in [-0.2, 0) is 0 Å². The van der Waals surface area contributed by atoms with Gasteiger partial charge < -0.3 is 10.2 Å². The topological polar surface area (TPSA) is 41.0 Å². The second-order valence-corrected chi connectivity index (χ2v) is 5.44. The molecule has 4 nitrogen and oxygen atoms in total. The summed E-state index contributed by atoms with van der Waals surface area (Å²) in [5.41, 5.74) is 0. The van der Waals surface area contributed by atoms with Crippen LogP contribution in [0.25, 0.3) is 0 Å². The lowest BCUT2D eigenvalue weighted by Crippen LogP contribution is -2.31. The quantitative estimate of drug-likeness (QED) is 0.825. The van der Waals surface area contributed by atoms with Gasteiger partial charge in [-0.1, -0.05) is 32.6 Å². The minimum atomic E-state index is 0.636. The maximum absolute atomic E-state index is 4.43. The van der Waals surface area contributed by atoms with Crippen molar-refractivity contribution in [1.82, 2.24) is 9.97 Å². The molecule has 0 bridgehead atoms. The van der Waals surface area contributed by atoms with Crippen LogP contribution in [0.3, 0.4) is 0 Å². The zero-order chi connectivity index (χ0) is 13.5. The Morgan fingerprint density at radius 2 is 1.95 bits per heavy atom. The summed E-state index contributed by atoms with van der Waals surface area (Å²) in [5, 5.41) is 3.33. The Labute approximate surface area is 116 Å². The second kappa shape index (κ2) is 7.31. The van der Waals surface area contributed by atoms with Gasteiger partial charge >= 0.3 is 0 Å². The molecule has 0 saturated heterocycles. The Balaban J connectivity index is 2.02. The fourth-order valence-corrected chi connectivity index (χ4v) is 2.72. The molecule has 4 heteroatoms. The van der Waals surface area contributed by atoms with E-state index in [-0.39, 0.29) is 0 Å². The van der Waals surface area contributed by atoms with Crippen molar-refractivity contribution in [3.8, 4) is 0 Å². The van der Waals surface area contributed by atoms with Gasteiger partial charge in [0.2, 0.25) is 0 Å². The Bertz CT molecular complexity index is 372. The molecule has 1 heterocycles. The van der Waals surface area contributed by atoms with E-state index in [1.807, 2.05) is 0 Å². The van der Waals surface area contributed by atoms with Crippen LogP contribution in [0.1, 0.15) is 51.9 Å². The fraction of sp³-hybridized carbons (Fsp3) is 0.733. The van der Waals surface area contributed by atoms with E-state index in [1.54, 1.807) is 6.33 Å². The molecule has 0 atom stereocenters. The highest BCUT2D eigenvalue weighted by Gasteiger charge is 2.18. The summed E-state index contributed by atoms with van der Waals surface area (Å²) >= 11 is 0. The van der Waals surface area contributed by atoms with Crippen molar-refractivity contribution in [2.75, 3.05) is 23.8 Å². The lowest BCUT2D eigenvalue weighted by molar-refractivity contribution is 0.549. The normalized spacial score (nSPS) is 16.9. The highest BCUT2D eigenvalue weighted by Crippen LogP contribution is 2.24. The summed E-state index contributed by atoms with van der Waals surface area (Å²) in [7, 11) is 2.17. The van der Waals surface area contributed by atoms with E-state index in [0.717, 1.165) is 24.6 Å². The van der Waals surface area contributed by atoms with Gasteiger partial charge in [-0.3, -0.25) is 0 Å². The van der Waals surface area contributed by atoms with E-state index in [2.05, 4.69) is 40.2 Å². The smallest absolute Gasteiger partial charge is 0.134 e. The van der Waals surface area contributed by atoms with Gasteiger partial charge in [-0.2, -0.15) is 0 Å². The van der Waals surface area contributed by atoms with Crippen molar-refractivity contribution in [3.63, 3.8) is 0 Å². The maximum atomic E-state index is 4.43. The predicted octanol–water partition coefficient (Wildman–Crippen LogP) is 3.46. The summed E-state index contributed by atoms with van der Waals surface area (Å²) in [6, 6.07) is 2.71. The van der Waals surface area contributed by atoms with Crippen molar-refractivity contribution in [3.05, 3.63) is 12.4 Å². The monoisotopic (exact) mass is 262 g/mol. The van der Waals surface area contributed by atoms with Gasteiger partial charge in [0.1, 0.15) is 18.0 Å². The van der Waals surface area contributed by atoms with Crippen molar-refractivity contribution >= 4 is 11.6 Å². The molecule has 0 spiro atoms. The number of rotatable bonds is 5. The molecule has 0 radical (unpaired) electrons. The van der Waals surface area contributed by atoms with E-state index < -0.39 is 0 Å². The number of nitrogens with one attached hydrogen (secondary N) is 1. The van der Waals surface area contributed by atoms with Crippen LogP contribution < -0.4 is 10.2 Å². The average Bonchev–Trinajstić information content (AvgIpc) is 2.73. The van der Waals surface area contributed by atoms with Crippen LogP contribution in [0.4, 0.5) is 11.6 Å². The van der Waals surface area contributed by atoms with Crippen LogP contribution in [-0.4, -0.2) is 29.6 Å². The fourth-order valence-electron chi connectivity index (χ4n) is 2.72. The lowest BCUT2D eigenvalue weighted by Gasteiger charge is -2.28. The van der Waals surface area contributed by atoms with Crippen LogP contribution in [0.15, 0.2) is 12.4 Å². The van der Waals surface area contributed by atoms with E-state index in [4.69, 9.17) is 0 Å². The van der Waals surface area contributed by atoms with Gasteiger partial charge in [0, 0.05) is 25.7 Å². The first-order valence-corrected chi connectivity index (χ1v) is 7.60. The van der Waals surface area contributed by atoms with E-state index >= 15 is 0 Å². The SMILES string of the molecule is CCCNc1cc(N(C)C2CCCCCC2)ncn1. The Kier molecular flexibility index (Phi) is 5.43. The zero-order valence-electron chi connectivity index (χ0n) is 12.2. The first kappa shape index (κ1) is 14.1. The summed E-state index contributed by atoms with van der Waals surface area (Å²) in [4.78, 5) is 11.0. The van der Waals surface area contributed by atoms with Gasteiger partial charge in [0.25, 0.3) is 0 Å². The minimum absolute atomic E-state index is 0.636. The van der Waals surface area contributed by atoms with Crippen LogP contribution in [0.2, 0.25) is 0 Å². The average molecular weight is 262 g/mol. The Morgan fingerprint density at radius 1 is 1.21 bits per heavy atom. The van der Waals surface area contributed by atoms with Crippen molar-refractivity contribution in [2.24, 2.45) is 0 Å². The summed E-state index contributed by atoms with van der Waals surface area (Å²) in [6.45, 7) is 3.12. The molecule has 0 aromatic carbocycles. The summed E-state index contributed by atoms with van der Waals surface area (Å²) in [6.07, 6.45) is 10.8. The van der Waals surface area contributed by atoms with Crippen molar-refractivity contribution in [1.29, 1.82) is 0 Å². The standard InChI is InChI=1S/C15H26N4/c1-3-10-16-14-11-15(18-12-17-14)19(2)13-8-6-4-5-7-9-13/h11-13H,3-10H2,1-2H3,(H,16,17,18). The molecule has 1 aliphatic rings. The molecule has 1 aliphatic carbocycles. The van der Waals surface area contributed by atoms with Gasteiger partial charge in [0.05, 0.1) is 0 Å². The molecule has 0 amide bonds. The highest BCUT2D eigenvalue weighted by molar-refractivity contribution is 5.48. The predicted molar refractivity (Wildman–Crippen MR) is 80.7 cm³/mol.